The van der Waals surface area contributed by atoms with Crippen LogP contribution in [-0.4, -0.2) is 16.0 Å². The van der Waals surface area contributed by atoms with Gasteiger partial charge in [0.15, 0.2) is 0 Å². The van der Waals surface area contributed by atoms with Gasteiger partial charge in [-0.2, -0.15) is 0 Å². The fraction of sp³-hybridized carbons (Fsp3) is 0.158. The van der Waals surface area contributed by atoms with Crippen LogP contribution in [0.4, 0.5) is 0 Å². The molecule has 3 aromatic rings. The van der Waals surface area contributed by atoms with Gasteiger partial charge in [0.2, 0.25) is 0 Å². The number of nitrogens with one attached hydrogen (secondary N) is 1. The van der Waals surface area contributed by atoms with Crippen LogP contribution in [0.1, 0.15) is 26.4 Å². The molecule has 128 valence electrons. The Hall–Kier alpha value is -2.18. The van der Waals surface area contributed by atoms with E-state index in [-0.39, 0.29) is 11.7 Å². The van der Waals surface area contributed by atoms with Crippen LogP contribution in [0.5, 0.6) is 5.75 Å². The number of halogens is 1. The van der Waals surface area contributed by atoms with Crippen molar-refractivity contribution in [3.05, 3.63) is 80.2 Å². The first-order valence-corrected chi connectivity index (χ1v) is 9.51. The maximum atomic E-state index is 12.1. The van der Waals surface area contributed by atoms with Crippen LogP contribution < -0.4 is 5.32 Å². The molecule has 2 aromatic carbocycles. The highest BCUT2D eigenvalue weighted by Gasteiger charge is 2.10. The molecule has 0 aliphatic rings. The SMILES string of the molecule is O=C(NCc1ccc(O)cc1CCc1ccccc1Br)c1cncs1. The maximum Gasteiger partial charge on any atom is 0.263 e. The number of phenols is 1. The first-order chi connectivity index (χ1) is 12.1. The summed E-state index contributed by atoms with van der Waals surface area (Å²) in [6.45, 7) is 0.419. The fourth-order valence-corrected chi connectivity index (χ4v) is 3.60. The predicted octanol–water partition coefficient (Wildman–Crippen LogP) is 4.33. The molecule has 0 aliphatic carbocycles. The highest BCUT2D eigenvalue weighted by Crippen LogP contribution is 2.22. The minimum Gasteiger partial charge on any atom is -0.508 e. The number of thiazole rings is 1. The number of carbonyl (C=O) groups excluding carboxylic acids is 1. The molecule has 0 radical (unpaired) electrons. The number of carbonyl (C=O) groups is 1. The number of aromatic hydroxyl groups is 1. The fourth-order valence-electron chi connectivity index (χ4n) is 2.58. The molecule has 0 bridgehead atoms. The lowest BCUT2D eigenvalue weighted by atomic mass is 9.99. The molecule has 3 rings (SSSR count). The molecule has 1 aromatic heterocycles. The lowest BCUT2D eigenvalue weighted by molar-refractivity contribution is 0.0954. The van der Waals surface area contributed by atoms with E-state index in [2.05, 4.69) is 32.3 Å². The van der Waals surface area contributed by atoms with Gasteiger partial charge in [0.1, 0.15) is 10.6 Å². The summed E-state index contributed by atoms with van der Waals surface area (Å²) in [6, 6.07) is 13.4. The van der Waals surface area contributed by atoms with Crippen LogP contribution in [0.25, 0.3) is 0 Å². The van der Waals surface area contributed by atoms with Gasteiger partial charge in [-0.3, -0.25) is 9.78 Å². The molecule has 0 saturated heterocycles. The Kier molecular flexibility index (Phi) is 5.83. The standard InChI is InChI=1S/C19H17BrN2O2S/c20-17-4-2-1-3-13(17)5-6-14-9-16(23)8-7-15(14)10-22-19(24)18-11-21-12-25-18/h1-4,7-9,11-12,23H,5-6,10H2,(H,22,24). The Balaban J connectivity index is 1.70. The molecule has 6 heteroatoms. The van der Waals surface area contributed by atoms with E-state index in [0.717, 1.165) is 28.4 Å². The number of hydrogen-bond acceptors (Lipinski definition) is 4. The molecule has 0 unspecified atom stereocenters. The van der Waals surface area contributed by atoms with E-state index in [1.165, 1.54) is 16.9 Å². The summed E-state index contributed by atoms with van der Waals surface area (Å²) in [5.41, 5.74) is 4.88. The molecule has 4 nitrogen and oxygen atoms in total. The van der Waals surface area contributed by atoms with Crippen molar-refractivity contribution in [2.24, 2.45) is 0 Å². The van der Waals surface area contributed by atoms with Gasteiger partial charge >= 0.3 is 0 Å². The van der Waals surface area contributed by atoms with Crippen molar-refractivity contribution < 1.29 is 9.90 Å². The number of rotatable bonds is 6. The average molecular weight is 417 g/mol. The van der Waals surface area contributed by atoms with Crippen molar-refractivity contribution in [1.29, 1.82) is 0 Å². The molecule has 0 atom stereocenters. The molecular weight excluding hydrogens is 400 g/mol. The summed E-state index contributed by atoms with van der Waals surface area (Å²) in [6.07, 6.45) is 3.19. The van der Waals surface area contributed by atoms with Crippen molar-refractivity contribution in [2.75, 3.05) is 0 Å². The second-order valence-electron chi connectivity index (χ2n) is 5.59. The van der Waals surface area contributed by atoms with Crippen LogP contribution in [0.3, 0.4) is 0 Å². The number of nitrogens with zero attached hydrogens (tertiary/aromatic N) is 1. The van der Waals surface area contributed by atoms with Gasteiger partial charge in [-0.1, -0.05) is 40.2 Å². The Labute approximate surface area is 158 Å². The molecule has 0 fully saturated rings. The van der Waals surface area contributed by atoms with Crippen LogP contribution in [0.15, 0.2) is 58.6 Å². The van der Waals surface area contributed by atoms with E-state index in [1.807, 2.05) is 24.3 Å². The summed E-state index contributed by atoms with van der Waals surface area (Å²) in [5, 5.41) is 12.7. The van der Waals surface area contributed by atoms with Crippen molar-refractivity contribution in [2.45, 2.75) is 19.4 Å². The Morgan fingerprint density at radius 1 is 1.12 bits per heavy atom. The maximum absolute atomic E-state index is 12.1. The molecule has 0 aliphatic heterocycles. The second kappa shape index (κ2) is 8.27. The van der Waals surface area contributed by atoms with Crippen molar-refractivity contribution >= 4 is 33.2 Å². The summed E-state index contributed by atoms with van der Waals surface area (Å²) < 4.78 is 1.08. The van der Waals surface area contributed by atoms with Gasteiger partial charge in [-0.25, -0.2) is 0 Å². The molecule has 1 heterocycles. The molecule has 2 N–H and O–H groups in total. The summed E-state index contributed by atoms with van der Waals surface area (Å²) in [4.78, 5) is 16.6. The van der Waals surface area contributed by atoms with Gasteiger partial charge in [0, 0.05) is 11.0 Å². The second-order valence-corrected chi connectivity index (χ2v) is 7.33. The molecule has 25 heavy (non-hydrogen) atoms. The van der Waals surface area contributed by atoms with Crippen LogP contribution in [-0.2, 0) is 19.4 Å². The minimum atomic E-state index is -0.132. The van der Waals surface area contributed by atoms with Crippen molar-refractivity contribution in [3.8, 4) is 5.75 Å². The van der Waals surface area contributed by atoms with Crippen LogP contribution in [0.2, 0.25) is 0 Å². The third-order valence-corrected chi connectivity index (χ3v) is 5.45. The number of hydrogen-bond donors (Lipinski definition) is 2. The van der Waals surface area contributed by atoms with E-state index < -0.39 is 0 Å². The predicted molar refractivity (Wildman–Crippen MR) is 103 cm³/mol. The number of amides is 1. The molecular formula is C19H17BrN2O2S. The summed E-state index contributed by atoms with van der Waals surface area (Å²) in [7, 11) is 0. The van der Waals surface area contributed by atoms with Gasteiger partial charge in [0.05, 0.1) is 11.7 Å². The Bertz CT molecular complexity index is 866. The smallest absolute Gasteiger partial charge is 0.263 e. The first kappa shape index (κ1) is 17.6. The zero-order valence-corrected chi connectivity index (χ0v) is 15.8. The van der Waals surface area contributed by atoms with Gasteiger partial charge in [0.25, 0.3) is 5.91 Å². The minimum absolute atomic E-state index is 0.132. The van der Waals surface area contributed by atoms with E-state index >= 15 is 0 Å². The Morgan fingerprint density at radius 2 is 1.92 bits per heavy atom. The third-order valence-electron chi connectivity index (χ3n) is 3.91. The van der Waals surface area contributed by atoms with E-state index in [0.29, 0.717) is 11.4 Å². The van der Waals surface area contributed by atoms with Crippen LogP contribution >= 0.6 is 27.3 Å². The highest BCUT2D eigenvalue weighted by molar-refractivity contribution is 9.10. The van der Waals surface area contributed by atoms with E-state index in [4.69, 9.17) is 0 Å². The summed E-state index contributed by atoms with van der Waals surface area (Å²) >= 11 is 4.88. The average Bonchev–Trinajstić information content (AvgIpc) is 3.15. The zero-order valence-electron chi connectivity index (χ0n) is 13.4. The quantitative estimate of drug-likeness (QED) is 0.628. The number of phenolic OH excluding ortho intramolecular Hbond substituents is 1. The monoisotopic (exact) mass is 416 g/mol. The van der Waals surface area contributed by atoms with Gasteiger partial charge in [-0.15, -0.1) is 11.3 Å². The lowest BCUT2D eigenvalue weighted by Crippen LogP contribution is -2.22. The topological polar surface area (TPSA) is 62.2 Å². The molecule has 1 amide bonds. The van der Waals surface area contributed by atoms with Gasteiger partial charge < -0.3 is 10.4 Å². The van der Waals surface area contributed by atoms with Crippen molar-refractivity contribution in [1.82, 2.24) is 10.3 Å². The number of benzene rings is 2. The zero-order chi connectivity index (χ0) is 17.6. The largest absolute Gasteiger partial charge is 0.508 e. The lowest BCUT2D eigenvalue weighted by Gasteiger charge is -2.12. The van der Waals surface area contributed by atoms with Crippen molar-refractivity contribution in [3.63, 3.8) is 0 Å². The number of aromatic nitrogens is 1. The Morgan fingerprint density at radius 3 is 2.68 bits per heavy atom. The van der Waals surface area contributed by atoms with E-state index in [9.17, 15) is 9.90 Å². The summed E-state index contributed by atoms with van der Waals surface area (Å²) in [5.74, 6) is 0.104. The van der Waals surface area contributed by atoms with Crippen LogP contribution in [0, 0.1) is 0 Å². The number of aryl methyl sites for hydroxylation is 2. The highest BCUT2D eigenvalue weighted by atomic mass is 79.9. The molecule has 0 saturated carbocycles. The molecule has 0 spiro atoms. The van der Waals surface area contributed by atoms with Gasteiger partial charge in [-0.05, 0) is 47.7 Å². The third kappa shape index (κ3) is 4.67. The normalized spacial score (nSPS) is 10.6. The first-order valence-electron chi connectivity index (χ1n) is 7.84. The van der Waals surface area contributed by atoms with E-state index in [1.54, 1.807) is 23.8 Å².